The van der Waals surface area contributed by atoms with Crippen LogP contribution in [0.5, 0.6) is 0 Å². The van der Waals surface area contributed by atoms with E-state index in [2.05, 4.69) is 5.32 Å². The van der Waals surface area contributed by atoms with Crippen molar-refractivity contribution in [3.05, 3.63) is 12.2 Å². The second kappa shape index (κ2) is 3.32. The monoisotopic (exact) mass is 181 g/mol. The third-order valence-electron chi connectivity index (χ3n) is 2.15. The van der Waals surface area contributed by atoms with Crippen molar-refractivity contribution >= 4 is 11.7 Å². The van der Waals surface area contributed by atoms with E-state index in [4.69, 9.17) is 0 Å². The van der Waals surface area contributed by atoms with E-state index in [1.165, 1.54) is 6.92 Å². The van der Waals surface area contributed by atoms with Crippen LogP contribution in [0.15, 0.2) is 12.2 Å². The maximum Gasteiger partial charge on any atom is 0.217 e. The van der Waals surface area contributed by atoms with E-state index in [0.717, 1.165) is 0 Å². The molecule has 1 atom stereocenters. The van der Waals surface area contributed by atoms with Gasteiger partial charge in [0.25, 0.3) is 0 Å². The van der Waals surface area contributed by atoms with Gasteiger partial charge >= 0.3 is 0 Å². The molecule has 72 valence electrons. The smallest absolute Gasteiger partial charge is 0.217 e. The van der Waals surface area contributed by atoms with Crippen LogP contribution in [0.2, 0.25) is 0 Å². The van der Waals surface area contributed by atoms with E-state index in [1.54, 1.807) is 6.08 Å². The fraction of sp³-hybridized carbons (Fsp3) is 0.600. The lowest BCUT2D eigenvalue weighted by atomic mass is 9.80. The van der Waals surface area contributed by atoms with Crippen molar-refractivity contribution in [1.29, 1.82) is 0 Å². The van der Waals surface area contributed by atoms with E-state index >= 15 is 0 Å². The average Bonchev–Trinajstić information content (AvgIpc) is 1.95. The van der Waals surface area contributed by atoms with Crippen molar-refractivity contribution in [2.75, 3.05) is 0 Å². The number of carbonyl (C=O) groups excluding carboxylic acids is 2. The second-order valence-electron chi connectivity index (χ2n) is 4.18. The summed E-state index contributed by atoms with van der Waals surface area (Å²) in [5.74, 6) is -0.154. The normalized spacial score (nSPS) is 25.8. The van der Waals surface area contributed by atoms with Crippen LogP contribution in [0.4, 0.5) is 0 Å². The van der Waals surface area contributed by atoms with E-state index in [-0.39, 0.29) is 23.1 Å². The fourth-order valence-corrected chi connectivity index (χ4v) is 1.49. The molecule has 1 aliphatic rings. The van der Waals surface area contributed by atoms with E-state index in [1.807, 2.05) is 19.9 Å². The summed E-state index contributed by atoms with van der Waals surface area (Å²) < 4.78 is 0. The molecule has 0 aromatic rings. The van der Waals surface area contributed by atoms with Gasteiger partial charge in [-0.1, -0.05) is 19.9 Å². The molecule has 3 nitrogen and oxygen atoms in total. The number of amides is 1. The van der Waals surface area contributed by atoms with Gasteiger partial charge in [-0.3, -0.25) is 9.59 Å². The first-order valence-corrected chi connectivity index (χ1v) is 4.41. The number of hydrogen-bond donors (Lipinski definition) is 1. The fourth-order valence-electron chi connectivity index (χ4n) is 1.49. The van der Waals surface area contributed by atoms with Crippen molar-refractivity contribution in [3.63, 3.8) is 0 Å². The largest absolute Gasteiger partial charge is 0.346 e. The van der Waals surface area contributed by atoms with Gasteiger partial charge in [0.2, 0.25) is 5.91 Å². The molecule has 0 heterocycles. The zero-order chi connectivity index (χ0) is 10.1. The number of ketones is 1. The first-order chi connectivity index (χ1) is 5.91. The number of carbonyl (C=O) groups is 2. The molecule has 0 aromatic carbocycles. The van der Waals surface area contributed by atoms with Crippen LogP contribution >= 0.6 is 0 Å². The summed E-state index contributed by atoms with van der Waals surface area (Å²) in [6.45, 7) is 5.52. The van der Waals surface area contributed by atoms with E-state index in [9.17, 15) is 9.59 Å². The number of nitrogens with one attached hydrogen (secondary N) is 1. The van der Waals surface area contributed by atoms with Crippen molar-refractivity contribution in [2.45, 2.75) is 33.2 Å². The minimum absolute atomic E-state index is 0.00102. The molecule has 13 heavy (non-hydrogen) atoms. The van der Waals surface area contributed by atoms with Crippen molar-refractivity contribution < 1.29 is 9.59 Å². The molecule has 0 fully saturated rings. The minimum Gasteiger partial charge on any atom is -0.346 e. The maximum absolute atomic E-state index is 11.3. The Morgan fingerprint density at radius 2 is 2.23 bits per heavy atom. The van der Waals surface area contributed by atoms with Gasteiger partial charge in [-0.15, -0.1) is 0 Å². The highest BCUT2D eigenvalue weighted by Crippen LogP contribution is 2.28. The molecule has 1 rings (SSSR count). The van der Waals surface area contributed by atoms with Gasteiger partial charge in [-0.25, -0.2) is 0 Å². The molecule has 0 saturated carbocycles. The lowest BCUT2D eigenvalue weighted by molar-refractivity contribution is -0.125. The summed E-state index contributed by atoms with van der Waals surface area (Å²) in [7, 11) is 0. The third kappa shape index (κ3) is 2.68. The average molecular weight is 181 g/mol. The Morgan fingerprint density at radius 3 is 2.77 bits per heavy atom. The first-order valence-electron chi connectivity index (χ1n) is 4.41. The highest BCUT2D eigenvalue weighted by atomic mass is 16.2. The SMILES string of the molecule is CC(=O)NC1CC(C)(C)C=CC1=O. The molecule has 0 saturated heterocycles. The molecule has 1 unspecified atom stereocenters. The Bertz CT molecular complexity index is 266. The molecule has 0 radical (unpaired) electrons. The van der Waals surface area contributed by atoms with Crippen LogP contribution < -0.4 is 5.32 Å². The van der Waals surface area contributed by atoms with E-state index < -0.39 is 0 Å². The molecule has 0 spiro atoms. The quantitative estimate of drug-likeness (QED) is 0.657. The molecule has 0 bridgehead atoms. The molecule has 1 aliphatic carbocycles. The molecule has 0 aromatic heterocycles. The molecular formula is C10H15NO2. The van der Waals surface area contributed by atoms with Gasteiger partial charge in [0.1, 0.15) is 0 Å². The summed E-state index contributed by atoms with van der Waals surface area (Å²) in [4.78, 5) is 22.1. The standard InChI is InChI=1S/C10H15NO2/c1-7(12)11-8-6-10(2,3)5-4-9(8)13/h4-5,8H,6H2,1-3H3,(H,11,12). The summed E-state index contributed by atoms with van der Waals surface area (Å²) in [6, 6.07) is -0.336. The zero-order valence-electron chi connectivity index (χ0n) is 8.26. The predicted octanol–water partition coefficient (Wildman–Crippen LogP) is 1.05. The van der Waals surface area contributed by atoms with Gasteiger partial charge in [-0.05, 0) is 17.9 Å². The third-order valence-corrected chi connectivity index (χ3v) is 2.15. The molecule has 1 amide bonds. The summed E-state index contributed by atoms with van der Waals surface area (Å²) >= 11 is 0. The second-order valence-corrected chi connectivity index (χ2v) is 4.18. The van der Waals surface area contributed by atoms with Crippen molar-refractivity contribution in [1.82, 2.24) is 5.32 Å². The van der Waals surface area contributed by atoms with Crippen molar-refractivity contribution in [2.24, 2.45) is 5.41 Å². The van der Waals surface area contributed by atoms with Crippen LogP contribution in [0.1, 0.15) is 27.2 Å². The summed E-state index contributed by atoms with van der Waals surface area (Å²) in [6.07, 6.45) is 4.14. The van der Waals surface area contributed by atoms with Crippen LogP contribution in [0.3, 0.4) is 0 Å². The Balaban J connectivity index is 2.72. The topological polar surface area (TPSA) is 46.2 Å². The number of allylic oxidation sites excluding steroid dienone is 1. The van der Waals surface area contributed by atoms with Crippen LogP contribution in [-0.4, -0.2) is 17.7 Å². The zero-order valence-corrected chi connectivity index (χ0v) is 8.26. The van der Waals surface area contributed by atoms with Crippen LogP contribution in [-0.2, 0) is 9.59 Å². The summed E-state index contributed by atoms with van der Waals surface area (Å²) in [5, 5.41) is 2.65. The Morgan fingerprint density at radius 1 is 1.62 bits per heavy atom. The highest BCUT2D eigenvalue weighted by molar-refractivity contribution is 5.97. The maximum atomic E-state index is 11.3. The van der Waals surface area contributed by atoms with Gasteiger partial charge in [0.05, 0.1) is 6.04 Å². The Hall–Kier alpha value is -1.12. The number of hydrogen-bond acceptors (Lipinski definition) is 2. The van der Waals surface area contributed by atoms with Crippen LogP contribution in [0.25, 0.3) is 0 Å². The summed E-state index contributed by atoms with van der Waals surface area (Å²) in [5.41, 5.74) is 0.00102. The molecule has 3 heteroatoms. The van der Waals surface area contributed by atoms with Gasteiger partial charge < -0.3 is 5.32 Å². The van der Waals surface area contributed by atoms with Gasteiger partial charge in [0.15, 0.2) is 5.78 Å². The Labute approximate surface area is 78.2 Å². The predicted molar refractivity (Wildman–Crippen MR) is 50.1 cm³/mol. The molecule has 1 N–H and O–H groups in total. The molecular weight excluding hydrogens is 166 g/mol. The van der Waals surface area contributed by atoms with Gasteiger partial charge in [0, 0.05) is 6.92 Å². The number of rotatable bonds is 1. The van der Waals surface area contributed by atoms with Gasteiger partial charge in [-0.2, -0.15) is 0 Å². The molecule has 0 aliphatic heterocycles. The lowest BCUT2D eigenvalue weighted by Crippen LogP contribution is -2.43. The minimum atomic E-state index is -0.336. The lowest BCUT2D eigenvalue weighted by Gasteiger charge is -2.29. The first kappa shape index (κ1) is 9.96. The van der Waals surface area contributed by atoms with Crippen molar-refractivity contribution in [3.8, 4) is 0 Å². The highest BCUT2D eigenvalue weighted by Gasteiger charge is 2.29. The van der Waals surface area contributed by atoms with Crippen LogP contribution in [0, 0.1) is 5.41 Å². The van der Waals surface area contributed by atoms with E-state index in [0.29, 0.717) is 6.42 Å². The Kier molecular flexibility index (Phi) is 2.55.